The Labute approximate surface area is 124 Å². The Morgan fingerprint density at radius 1 is 1.29 bits per heavy atom. The smallest absolute Gasteiger partial charge is 0.260 e. The third-order valence-corrected chi connectivity index (χ3v) is 4.38. The van der Waals surface area contributed by atoms with Crippen molar-refractivity contribution in [3.05, 3.63) is 41.3 Å². The van der Waals surface area contributed by atoms with Crippen LogP contribution in [0.2, 0.25) is 0 Å². The molecule has 7 nitrogen and oxygen atoms in total. The molecule has 0 saturated carbocycles. The van der Waals surface area contributed by atoms with E-state index < -0.39 is 10.0 Å². The van der Waals surface area contributed by atoms with E-state index in [0.29, 0.717) is 17.8 Å². The molecule has 0 aliphatic carbocycles. The van der Waals surface area contributed by atoms with Gasteiger partial charge >= 0.3 is 0 Å². The summed E-state index contributed by atoms with van der Waals surface area (Å²) >= 11 is 0. The second-order valence-electron chi connectivity index (χ2n) is 4.56. The number of sulfonamides is 1. The number of aromatic nitrogens is 3. The molecule has 0 spiro atoms. The molecule has 0 atom stereocenters. The van der Waals surface area contributed by atoms with E-state index in [4.69, 9.17) is 0 Å². The molecule has 0 saturated heterocycles. The summed E-state index contributed by atoms with van der Waals surface area (Å²) in [6.45, 7) is 5.11. The van der Waals surface area contributed by atoms with Crippen LogP contribution < -0.4 is 10.0 Å². The maximum absolute atomic E-state index is 12.4. The van der Waals surface area contributed by atoms with Gasteiger partial charge in [0.05, 0.1) is 12.2 Å². The van der Waals surface area contributed by atoms with E-state index in [1.165, 1.54) is 0 Å². The Morgan fingerprint density at radius 2 is 2.10 bits per heavy atom. The number of nitrogens with zero attached hydrogens (tertiary/aromatic N) is 2. The van der Waals surface area contributed by atoms with Crippen molar-refractivity contribution in [1.82, 2.24) is 25.2 Å². The molecule has 0 aromatic carbocycles. The molecule has 0 aliphatic heterocycles. The molecule has 2 aromatic heterocycles. The van der Waals surface area contributed by atoms with Crippen molar-refractivity contribution < 1.29 is 8.42 Å². The summed E-state index contributed by atoms with van der Waals surface area (Å²) in [4.78, 5) is 4.09. The van der Waals surface area contributed by atoms with Crippen molar-refractivity contribution in [3.8, 4) is 0 Å². The molecule has 3 N–H and O–H groups in total. The van der Waals surface area contributed by atoms with Gasteiger partial charge < -0.3 is 5.32 Å². The monoisotopic (exact) mass is 309 g/mol. The first-order valence-electron chi connectivity index (χ1n) is 6.68. The summed E-state index contributed by atoms with van der Waals surface area (Å²) in [6, 6.07) is 5.35. The number of nitrogens with one attached hydrogen (secondary N) is 3. The molecule has 0 unspecified atom stereocenters. The summed E-state index contributed by atoms with van der Waals surface area (Å²) in [5, 5.41) is 9.79. The van der Waals surface area contributed by atoms with Crippen LogP contribution in [0.1, 0.15) is 23.9 Å². The molecule has 0 radical (unpaired) electrons. The minimum Gasteiger partial charge on any atom is -0.313 e. The van der Waals surface area contributed by atoms with Gasteiger partial charge in [0.25, 0.3) is 10.0 Å². The first kappa shape index (κ1) is 15.6. The van der Waals surface area contributed by atoms with Gasteiger partial charge in [-0.3, -0.25) is 10.1 Å². The molecule has 2 aromatic rings. The van der Waals surface area contributed by atoms with Crippen molar-refractivity contribution in [3.63, 3.8) is 0 Å². The molecule has 0 aliphatic rings. The van der Waals surface area contributed by atoms with E-state index in [-0.39, 0.29) is 11.6 Å². The van der Waals surface area contributed by atoms with Crippen molar-refractivity contribution in [2.75, 3.05) is 6.54 Å². The number of hydrogen-bond acceptors (Lipinski definition) is 5. The van der Waals surface area contributed by atoms with Gasteiger partial charge in [-0.15, -0.1) is 0 Å². The van der Waals surface area contributed by atoms with E-state index >= 15 is 0 Å². The van der Waals surface area contributed by atoms with Gasteiger partial charge in [-0.2, -0.15) is 5.10 Å². The largest absolute Gasteiger partial charge is 0.313 e. The van der Waals surface area contributed by atoms with Gasteiger partial charge in [0.15, 0.2) is 5.03 Å². The average molecular weight is 309 g/mol. The van der Waals surface area contributed by atoms with E-state index in [9.17, 15) is 8.42 Å². The summed E-state index contributed by atoms with van der Waals surface area (Å²) in [6.07, 6.45) is 1.62. The molecular formula is C13H19N5O2S. The second kappa shape index (κ2) is 6.79. The molecule has 0 fully saturated rings. The van der Waals surface area contributed by atoms with Crippen LogP contribution in [-0.2, 0) is 23.1 Å². The summed E-state index contributed by atoms with van der Waals surface area (Å²) in [5.74, 6) is 0. The van der Waals surface area contributed by atoms with E-state index in [1.807, 2.05) is 13.0 Å². The molecule has 0 bridgehead atoms. The topological polar surface area (TPSA) is 99.8 Å². The standard InChI is InChI=1S/C13H19N5O2S/c1-3-14-9-12-10(2)17-18-13(12)21(19,20)16-8-11-6-4-5-7-15-11/h4-7,14,16H,3,8-9H2,1-2H3,(H,17,18). The molecule has 0 amide bonds. The normalized spacial score (nSPS) is 11.7. The van der Waals surface area contributed by atoms with Crippen LogP contribution in [0.15, 0.2) is 29.4 Å². The zero-order valence-corrected chi connectivity index (χ0v) is 12.9. The third-order valence-electron chi connectivity index (χ3n) is 3.01. The van der Waals surface area contributed by atoms with Crippen molar-refractivity contribution >= 4 is 10.0 Å². The van der Waals surface area contributed by atoms with Crippen LogP contribution in [-0.4, -0.2) is 30.1 Å². The fraction of sp³-hybridized carbons (Fsp3) is 0.385. The quantitative estimate of drug-likeness (QED) is 0.699. The summed E-state index contributed by atoms with van der Waals surface area (Å²) in [5.41, 5.74) is 2.06. The lowest BCUT2D eigenvalue weighted by molar-refractivity contribution is 0.573. The van der Waals surface area contributed by atoms with Crippen molar-refractivity contribution in [1.29, 1.82) is 0 Å². The molecule has 2 heterocycles. The Bertz CT molecular complexity index is 682. The van der Waals surface area contributed by atoms with Gasteiger partial charge in [0.1, 0.15) is 0 Å². The van der Waals surface area contributed by atoms with Crippen LogP contribution in [0.4, 0.5) is 0 Å². The lowest BCUT2D eigenvalue weighted by Gasteiger charge is -2.07. The zero-order valence-electron chi connectivity index (χ0n) is 12.0. The number of rotatable bonds is 7. The van der Waals surface area contributed by atoms with Gasteiger partial charge in [-0.05, 0) is 25.6 Å². The van der Waals surface area contributed by atoms with Crippen LogP contribution in [0.5, 0.6) is 0 Å². The minimum absolute atomic E-state index is 0.0388. The average Bonchev–Trinajstić information content (AvgIpc) is 2.86. The van der Waals surface area contributed by atoms with Gasteiger partial charge in [-0.1, -0.05) is 13.0 Å². The Hall–Kier alpha value is -1.77. The molecular weight excluding hydrogens is 290 g/mol. The first-order valence-corrected chi connectivity index (χ1v) is 8.17. The minimum atomic E-state index is -3.67. The Kier molecular flexibility index (Phi) is 5.05. The number of aromatic amines is 1. The van der Waals surface area contributed by atoms with E-state index in [2.05, 4.69) is 25.2 Å². The fourth-order valence-electron chi connectivity index (χ4n) is 1.85. The second-order valence-corrected chi connectivity index (χ2v) is 6.24. The lowest BCUT2D eigenvalue weighted by atomic mass is 10.2. The highest BCUT2D eigenvalue weighted by Crippen LogP contribution is 2.16. The first-order chi connectivity index (χ1) is 10.0. The number of hydrogen-bond donors (Lipinski definition) is 3. The van der Waals surface area contributed by atoms with E-state index in [1.54, 1.807) is 25.3 Å². The third kappa shape index (κ3) is 3.87. The predicted molar refractivity (Wildman–Crippen MR) is 79.0 cm³/mol. The predicted octanol–water partition coefficient (Wildman–Crippen LogP) is 0.701. The van der Waals surface area contributed by atoms with E-state index in [0.717, 1.165) is 12.2 Å². The summed E-state index contributed by atoms with van der Waals surface area (Å²) in [7, 11) is -3.67. The highest BCUT2D eigenvalue weighted by atomic mass is 32.2. The van der Waals surface area contributed by atoms with Crippen LogP contribution in [0.25, 0.3) is 0 Å². The molecule has 21 heavy (non-hydrogen) atoms. The SMILES string of the molecule is CCNCc1c(S(=O)(=O)NCc2ccccn2)n[nH]c1C. The highest BCUT2D eigenvalue weighted by Gasteiger charge is 2.23. The number of aryl methyl sites for hydroxylation is 1. The molecule has 2 rings (SSSR count). The lowest BCUT2D eigenvalue weighted by Crippen LogP contribution is -2.26. The zero-order chi connectivity index (χ0) is 15.3. The molecule has 114 valence electrons. The Morgan fingerprint density at radius 3 is 2.76 bits per heavy atom. The maximum atomic E-state index is 12.4. The van der Waals surface area contributed by atoms with Crippen LogP contribution >= 0.6 is 0 Å². The van der Waals surface area contributed by atoms with Crippen molar-refractivity contribution in [2.45, 2.75) is 32.0 Å². The number of H-pyrrole nitrogens is 1. The van der Waals surface area contributed by atoms with Crippen molar-refractivity contribution in [2.24, 2.45) is 0 Å². The Balaban J connectivity index is 2.16. The maximum Gasteiger partial charge on any atom is 0.260 e. The van der Waals surface area contributed by atoms with Gasteiger partial charge in [0, 0.05) is 24.0 Å². The highest BCUT2D eigenvalue weighted by molar-refractivity contribution is 7.89. The van der Waals surface area contributed by atoms with Crippen LogP contribution in [0.3, 0.4) is 0 Å². The summed E-state index contributed by atoms with van der Waals surface area (Å²) < 4.78 is 27.2. The number of pyridine rings is 1. The van der Waals surface area contributed by atoms with Crippen LogP contribution in [0, 0.1) is 6.92 Å². The van der Waals surface area contributed by atoms with Gasteiger partial charge in [-0.25, -0.2) is 13.1 Å². The molecule has 8 heteroatoms. The van der Waals surface area contributed by atoms with Gasteiger partial charge in [0.2, 0.25) is 0 Å². The fourth-order valence-corrected chi connectivity index (χ4v) is 3.04.